The van der Waals surface area contributed by atoms with E-state index in [1.807, 2.05) is 24.1 Å². The number of aromatic nitrogens is 3. The van der Waals surface area contributed by atoms with Crippen molar-refractivity contribution in [2.24, 2.45) is 30.0 Å². The lowest BCUT2D eigenvalue weighted by Gasteiger charge is -2.47. The minimum Gasteiger partial charge on any atom is -0.494 e. The number of nitrogens with two attached hydrogens (primary N) is 1. The summed E-state index contributed by atoms with van der Waals surface area (Å²) in [5, 5.41) is 4.14. The van der Waals surface area contributed by atoms with Crippen LogP contribution in [0.1, 0.15) is 48.9 Å². The van der Waals surface area contributed by atoms with Gasteiger partial charge in [0.05, 0.1) is 29.3 Å². The number of ether oxygens (including phenoxy) is 1. The van der Waals surface area contributed by atoms with Gasteiger partial charge in [-0.15, -0.1) is 0 Å². The maximum atomic E-state index is 13.7. The van der Waals surface area contributed by atoms with Crippen LogP contribution in [0.15, 0.2) is 36.4 Å². The van der Waals surface area contributed by atoms with E-state index < -0.39 is 0 Å². The molecule has 45 heavy (non-hydrogen) atoms. The van der Waals surface area contributed by atoms with Gasteiger partial charge in [-0.1, -0.05) is 6.07 Å². The van der Waals surface area contributed by atoms with E-state index in [-0.39, 0.29) is 29.3 Å². The van der Waals surface area contributed by atoms with Crippen LogP contribution in [-0.2, 0) is 18.4 Å². The van der Waals surface area contributed by atoms with Crippen molar-refractivity contribution in [1.29, 1.82) is 0 Å². The molecule has 1 spiro atoms. The first-order chi connectivity index (χ1) is 21.8. The summed E-state index contributed by atoms with van der Waals surface area (Å²) in [4.78, 5) is 35.5. The molecule has 5 heterocycles. The van der Waals surface area contributed by atoms with Gasteiger partial charge in [0.25, 0.3) is 5.91 Å². The van der Waals surface area contributed by atoms with Crippen LogP contribution in [0.3, 0.4) is 0 Å². The highest BCUT2D eigenvalue weighted by atomic mass is 16.5. The summed E-state index contributed by atoms with van der Waals surface area (Å²) < 4.78 is 10.4. The summed E-state index contributed by atoms with van der Waals surface area (Å²) in [6.45, 7) is 4.29. The van der Waals surface area contributed by atoms with E-state index in [0.717, 1.165) is 81.0 Å². The lowest BCUT2D eigenvalue weighted by molar-refractivity contribution is -0.141. The summed E-state index contributed by atoms with van der Waals surface area (Å²) in [5.74, 6) is 2.83. The van der Waals surface area contributed by atoms with Crippen molar-refractivity contribution in [2.45, 2.75) is 57.2 Å². The van der Waals surface area contributed by atoms with Crippen molar-refractivity contribution in [2.75, 3.05) is 38.2 Å². The first kappa shape index (κ1) is 27.3. The van der Waals surface area contributed by atoms with Crippen LogP contribution in [0.2, 0.25) is 0 Å². The second-order valence-electron chi connectivity index (χ2n) is 14.3. The molecule has 2 aromatic carbocycles. The van der Waals surface area contributed by atoms with Crippen molar-refractivity contribution in [3.05, 3.63) is 42.0 Å². The molecule has 5 aliphatic rings. The highest BCUT2D eigenvalue weighted by molar-refractivity contribution is 6.00. The summed E-state index contributed by atoms with van der Waals surface area (Å²) in [5.41, 5.74) is 12.0. The molecule has 4 aromatic rings. The van der Waals surface area contributed by atoms with Crippen LogP contribution in [0.4, 0.5) is 5.69 Å². The number of hydrogen-bond acceptors (Lipinski definition) is 6. The lowest BCUT2D eigenvalue weighted by Crippen LogP contribution is -2.62. The van der Waals surface area contributed by atoms with Gasteiger partial charge in [0.2, 0.25) is 5.91 Å². The molecule has 2 unspecified atom stereocenters. The standard InChI is InChI=1S/C35H41N7O3/c1-39-31-25(13-23(15-29(31)45-2)33(43)42-18-22-6-8-26(42)30(22)36)38-32(39)28-14-21-5-7-24(16-27(21)41(28)17-20-3-4-20)40-11-9-35(10-12-40)19-37-34(35)44/h5,7,13-16,20,22,26,30H,3-4,6,8-12,17-19,36H2,1-2H3,(H,37,44)/t22?,26?,30-/m1/s1. The zero-order valence-corrected chi connectivity index (χ0v) is 26.1. The Bertz CT molecular complexity index is 1880. The van der Waals surface area contributed by atoms with Crippen molar-refractivity contribution < 1.29 is 14.3 Å². The fraction of sp³-hybridized carbons (Fsp3) is 0.514. The number of aryl methyl sites for hydroxylation is 1. The third-order valence-corrected chi connectivity index (χ3v) is 11.7. The number of benzene rings is 2. The van der Waals surface area contributed by atoms with Gasteiger partial charge >= 0.3 is 0 Å². The van der Waals surface area contributed by atoms with Crippen LogP contribution >= 0.6 is 0 Å². The van der Waals surface area contributed by atoms with Gasteiger partial charge in [-0.2, -0.15) is 0 Å². The number of piperidine rings is 2. The van der Waals surface area contributed by atoms with E-state index in [1.54, 1.807) is 7.11 Å². The largest absolute Gasteiger partial charge is 0.494 e. The Hall–Kier alpha value is -4.05. The smallest absolute Gasteiger partial charge is 0.254 e. The summed E-state index contributed by atoms with van der Waals surface area (Å²) in [6, 6.07) is 13.0. The van der Waals surface area contributed by atoms with Crippen LogP contribution in [0, 0.1) is 17.3 Å². The maximum absolute atomic E-state index is 13.7. The number of amides is 2. The van der Waals surface area contributed by atoms with Gasteiger partial charge in [-0.25, -0.2) is 4.98 Å². The molecule has 2 saturated carbocycles. The molecule has 10 heteroatoms. The molecule has 3 saturated heterocycles. The number of likely N-dealkylation sites (tertiary alicyclic amines) is 1. The molecule has 2 amide bonds. The Kier molecular flexibility index (Phi) is 5.89. The van der Waals surface area contributed by atoms with Crippen molar-refractivity contribution >= 4 is 39.4 Å². The minimum atomic E-state index is -0.146. The van der Waals surface area contributed by atoms with Gasteiger partial charge in [0.15, 0.2) is 5.82 Å². The molecule has 234 valence electrons. The quantitative estimate of drug-likeness (QED) is 0.322. The van der Waals surface area contributed by atoms with E-state index in [9.17, 15) is 9.59 Å². The van der Waals surface area contributed by atoms with Crippen LogP contribution in [0.25, 0.3) is 33.5 Å². The van der Waals surface area contributed by atoms with Crippen molar-refractivity contribution in [3.63, 3.8) is 0 Å². The average Bonchev–Trinajstić information content (AvgIpc) is 3.47. The molecule has 0 radical (unpaired) electrons. The van der Waals surface area contributed by atoms with E-state index in [2.05, 4.69) is 43.6 Å². The number of carbonyl (C=O) groups is 2. The predicted molar refractivity (Wildman–Crippen MR) is 173 cm³/mol. The topological polar surface area (TPSA) is 111 Å². The van der Waals surface area contributed by atoms with E-state index in [0.29, 0.717) is 23.1 Å². The molecule has 2 aromatic heterocycles. The Balaban J connectivity index is 1.09. The molecule has 2 aliphatic carbocycles. The van der Waals surface area contributed by atoms with E-state index >= 15 is 0 Å². The van der Waals surface area contributed by atoms with Gasteiger partial charge in [0.1, 0.15) is 11.3 Å². The highest BCUT2D eigenvalue weighted by Gasteiger charge is 2.48. The van der Waals surface area contributed by atoms with Crippen molar-refractivity contribution in [1.82, 2.24) is 24.3 Å². The number of fused-ring (bicyclic) bond motifs is 4. The SMILES string of the molecule is COc1cc(C(=O)N2CC3CCC2[C@@H]3N)cc2nc(-c3cc4ccc(N5CCC6(CC5)CNC6=O)cc4n3CC3CC3)n(C)c12. The first-order valence-electron chi connectivity index (χ1n) is 16.6. The molecule has 5 fully saturated rings. The molecule has 10 nitrogen and oxygen atoms in total. The van der Waals surface area contributed by atoms with E-state index in [4.69, 9.17) is 15.5 Å². The third-order valence-electron chi connectivity index (χ3n) is 11.7. The monoisotopic (exact) mass is 607 g/mol. The van der Waals surface area contributed by atoms with Crippen LogP contribution in [-0.4, -0.2) is 76.2 Å². The number of hydrogen-bond donors (Lipinski definition) is 2. The lowest BCUT2D eigenvalue weighted by atomic mass is 9.72. The number of carbonyl (C=O) groups excluding carboxylic acids is 2. The molecule has 3 N–H and O–H groups in total. The van der Waals surface area contributed by atoms with Crippen LogP contribution < -0.4 is 20.7 Å². The Morgan fingerprint density at radius 1 is 1.11 bits per heavy atom. The van der Waals surface area contributed by atoms with Gasteiger partial charge < -0.3 is 34.7 Å². The normalized spacial score (nSPS) is 25.4. The summed E-state index contributed by atoms with van der Waals surface area (Å²) >= 11 is 0. The summed E-state index contributed by atoms with van der Waals surface area (Å²) in [7, 11) is 3.70. The molecular formula is C35H41N7O3. The fourth-order valence-electron chi connectivity index (χ4n) is 8.65. The second-order valence-corrected chi connectivity index (χ2v) is 14.3. The van der Waals surface area contributed by atoms with E-state index in [1.165, 1.54) is 29.4 Å². The Morgan fingerprint density at radius 3 is 2.58 bits per heavy atom. The van der Waals surface area contributed by atoms with Gasteiger partial charge in [0, 0.05) is 68.5 Å². The third kappa shape index (κ3) is 4.07. The Labute approximate surface area is 262 Å². The molecule has 3 aliphatic heterocycles. The maximum Gasteiger partial charge on any atom is 0.254 e. The zero-order valence-electron chi connectivity index (χ0n) is 26.1. The number of anilines is 1. The number of rotatable bonds is 6. The predicted octanol–water partition coefficient (Wildman–Crippen LogP) is 3.89. The number of nitrogens with zero attached hydrogens (tertiary/aromatic N) is 5. The number of nitrogens with one attached hydrogen (secondary N) is 1. The van der Waals surface area contributed by atoms with Crippen LogP contribution in [0.5, 0.6) is 5.75 Å². The fourth-order valence-corrected chi connectivity index (χ4v) is 8.65. The molecule has 3 atom stereocenters. The Morgan fingerprint density at radius 2 is 1.93 bits per heavy atom. The molecule has 9 rings (SSSR count). The van der Waals surface area contributed by atoms with Gasteiger partial charge in [-0.05, 0) is 80.7 Å². The van der Waals surface area contributed by atoms with Gasteiger partial charge in [-0.3, -0.25) is 9.59 Å². The minimum absolute atomic E-state index is 0.0157. The molecule has 2 bridgehead atoms. The summed E-state index contributed by atoms with van der Waals surface area (Å²) in [6.07, 6.45) is 6.40. The average molecular weight is 608 g/mol. The van der Waals surface area contributed by atoms with Crippen molar-refractivity contribution in [3.8, 4) is 17.3 Å². The first-order valence-corrected chi connectivity index (χ1v) is 16.6. The number of β-lactam (4-membered cyclic amide) rings is 1. The number of methoxy groups -OCH3 is 1. The number of imidazole rings is 1. The highest BCUT2D eigenvalue weighted by Crippen LogP contribution is 2.42. The zero-order chi connectivity index (χ0) is 30.6. The molecular weight excluding hydrogens is 566 g/mol. The second kappa shape index (κ2) is 9.72.